The zero-order valence-electron chi connectivity index (χ0n) is 22.9. The maximum absolute atomic E-state index is 11.9. The van der Waals surface area contributed by atoms with Crippen LogP contribution in [-0.4, -0.2) is 66.0 Å². The van der Waals surface area contributed by atoms with Gasteiger partial charge in [0.1, 0.15) is 0 Å². The first-order chi connectivity index (χ1) is 18.5. The lowest BCUT2D eigenvalue weighted by molar-refractivity contribution is -0.0286. The lowest BCUT2D eigenvalue weighted by Crippen LogP contribution is -2.45. The van der Waals surface area contributed by atoms with E-state index in [4.69, 9.17) is 4.74 Å². The van der Waals surface area contributed by atoms with Gasteiger partial charge in [-0.05, 0) is 61.4 Å². The fourth-order valence-corrected chi connectivity index (χ4v) is 7.01. The molecule has 1 N–H and O–H groups in total. The van der Waals surface area contributed by atoms with E-state index in [1.807, 2.05) is 6.07 Å². The standard InChI is InChI=1S/C32H41N3O3/c1-3-25-21-33(17-18-38-25)13-14-34-15-16-35-29-20-24(32(36)37)10-12-26(29)30(23-7-5-4-6-8-23)31(35)27-11-9-22(2)19-28(27)34/h9-12,19-20,23,25H,3-8,13-18,21H2,1-2H3,(H,36,37). The zero-order valence-corrected chi connectivity index (χ0v) is 22.9. The molecule has 1 unspecified atom stereocenters. The van der Waals surface area contributed by atoms with Gasteiger partial charge in [-0.25, -0.2) is 4.79 Å². The number of hydrogen-bond donors (Lipinski definition) is 1. The van der Waals surface area contributed by atoms with E-state index in [0.29, 0.717) is 17.6 Å². The predicted octanol–water partition coefficient (Wildman–Crippen LogP) is 6.29. The number of ether oxygens (including phenoxy) is 1. The number of benzene rings is 2. The molecule has 2 aliphatic heterocycles. The molecule has 1 atom stereocenters. The van der Waals surface area contributed by atoms with E-state index in [9.17, 15) is 9.90 Å². The van der Waals surface area contributed by atoms with Gasteiger partial charge in [-0.2, -0.15) is 0 Å². The van der Waals surface area contributed by atoms with Crippen LogP contribution in [0.1, 0.15) is 72.9 Å². The van der Waals surface area contributed by atoms with Gasteiger partial charge in [0, 0.05) is 61.4 Å². The van der Waals surface area contributed by atoms with Crippen LogP contribution < -0.4 is 4.90 Å². The number of anilines is 1. The van der Waals surface area contributed by atoms with Crippen LogP contribution in [0.2, 0.25) is 0 Å². The van der Waals surface area contributed by atoms with Crippen molar-refractivity contribution >= 4 is 22.6 Å². The number of morpholine rings is 1. The van der Waals surface area contributed by atoms with Crippen LogP contribution in [-0.2, 0) is 11.3 Å². The molecule has 0 radical (unpaired) electrons. The molecule has 1 saturated heterocycles. The fourth-order valence-electron chi connectivity index (χ4n) is 7.01. The zero-order chi connectivity index (χ0) is 26.2. The van der Waals surface area contributed by atoms with Crippen molar-refractivity contribution in [2.45, 2.75) is 70.9 Å². The van der Waals surface area contributed by atoms with Crippen LogP contribution >= 0.6 is 0 Å². The molecule has 38 heavy (non-hydrogen) atoms. The van der Waals surface area contributed by atoms with Crippen molar-refractivity contribution in [3.05, 3.63) is 53.1 Å². The number of aromatic nitrogens is 1. The minimum atomic E-state index is -0.858. The monoisotopic (exact) mass is 515 g/mol. The van der Waals surface area contributed by atoms with Crippen LogP contribution in [0.15, 0.2) is 36.4 Å². The van der Waals surface area contributed by atoms with Gasteiger partial charge >= 0.3 is 5.97 Å². The summed E-state index contributed by atoms with van der Waals surface area (Å²) in [5, 5.41) is 11.0. The van der Waals surface area contributed by atoms with E-state index in [1.165, 1.54) is 65.6 Å². The third-order valence-corrected chi connectivity index (χ3v) is 9.07. The molecule has 3 heterocycles. The average Bonchev–Trinajstić information content (AvgIpc) is 3.18. The third kappa shape index (κ3) is 4.73. The molecule has 0 bridgehead atoms. The minimum Gasteiger partial charge on any atom is -0.478 e. The van der Waals surface area contributed by atoms with Crippen LogP contribution in [0.3, 0.4) is 0 Å². The van der Waals surface area contributed by atoms with Crippen molar-refractivity contribution in [3.63, 3.8) is 0 Å². The van der Waals surface area contributed by atoms with Gasteiger partial charge in [-0.3, -0.25) is 4.90 Å². The van der Waals surface area contributed by atoms with Crippen molar-refractivity contribution in [2.75, 3.05) is 44.2 Å². The Labute approximate surface area is 226 Å². The molecular formula is C32H41N3O3. The smallest absolute Gasteiger partial charge is 0.335 e. The number of carbonyl (C=O) groups is 1. The molecule has 6 rings (SSSR count). The van der Waals surface area contributed by atoms with Crippen molar-refractivity contribution in [1.29, 1.82) is 0 Å². The maximum atomic E-state index is 11.9. The molecule has 0 amide bonds. The van der Waals surface area contributed by atoms with Crippen molar-refractivity contribution in [2.24, 2.45) is 0 Å². The highest BCUT2D eigenvalue weighted by atomic mass is 16.5. The number of hydrogen-bond acceptors (Lipinski definition) is 4. The minimum absolute atomic E-state index is 0.344. The summed E-state index contributed by atoms with van der Waals surface area (Å²) in [4.78, 5) is 17.1. The third-order valence-electron chi connectivity index (χ3n) is 9.07. The lowest BCUT2D eigenvalue weighted by Gasteiger charge is -2.34. The first kappa shape index (κ1) is 25.4. The predicted molar refractivity (Wildman–Crippen MR) is 154 cm³/mol. The van der Waals surface area contributed by atoms with Crippen LogP contribution in [0.4, 0.5) is 5.69 Å². The second-order valence-corrected chi connectivity index (χ2v) is 11.5. The topological polar surface area (TPSA) is 57.9 Å². The Balaban J connectivity index is 1.43. The van der Waals surface area contributed by atoms with Gasteiger partial charge in [0.15, 0.2) is 0 Å². The number of carboxylic acids is 1. The van der Waals surface area contributed by atoms with Crippen LogP contribution in [0.5, 0.6) is 0 Å². The summed E-state index contributed by atoms with van der Waals surface area (Å²) < 4.78 is 8.36. The average molecular weight is 516 g/mol. The molecule has 6 heteroatoms. The second kappa shape index (κ2) is 10.7. The number of aryl methyl sites for hydroxylation is 1. The number of carboxylic acid groups (broad SMARTS) is 1. The summed E-state index contributed by atoms with van der Waals surface area (Å²) in [7, 11) is 0. The quantitative estimate of drug-likeness (QED) is 0.418. The first-order valence-corrected chi connectivity index (χ1v) is 14.6. The Morgan fingerprint density at radius 1 is 1.03 bits per heavy atom. The molecule has 3 aromatic rings. The summed E-state index contributed by atoms with van der Waals surface area (Å²) in [5.74, 6) is -0.331. The SMILES string of the molecule is CCC1CN(CCN2CCn3c(c(C4CCCCC4)c4ccc(C(=O)O)cc43)-c3ccc(C)cc32)CCO1. The van der Waals surface area contributed by atoms with Gasteiger partial charge in [0.25, 0.3) is 0 Å². The summed E-state index contributed by atoms with van der Waals surface area (Å²) in [6, 6.07) is 12.7. The van der Waals surface area contributed by atoms with Gasteiger partial charge in [-0.1, -0.05) is 44.4 Å². The normalized spacial score (nSPS) is 20.8. The van der Waals surface area contributed by atoms with E-state index in [1.54, 1.807) is 6.07 Å². The lowest BCUT2D eigenvalue weighted by atomic mass is 9.81. The van der Waals surface area contributed by atoms with Crippen molar-refractivity contribution in [1.82, 2.24) is 9.47 Å². The largest absolute Gasteiger partial charge is 0.478 e. The number of aromatic carboxylic acids is 1. The van der Waals surface area contributed by atoms with E-state index in [2.05, 4.69) is 52.5 Å². The summed E-state index contributed by atoms with van der Waals surface area (Å²) in [6.07, 6.45) is 7.70. The van der Waals surface area contributed by atoms with Gasteiger partial charge in [0.2, 0.25) is 0 Å². The Morgan fingerprint density at radius 2 is 1.87 bits per heavy atom. The number of rotatable bonds is 6. The molecule has 2 fully saturated rings. The molecule has 6 nitrogen and oxygen atoms in total. The van der Waals surface area contributed by atoms with Crippen LogP contribution in [0.25, 0.3) is 22.2 Å². The Morgan fingerprint density at radius 3 is 2.66 bits per heavy atom. The highest BCUT2D eigenvalue weighted by Gasteiger charge is 2.31. The molecule has 1 aliphatic carbocycles. The summed E-state index contributed by atoms with van der Waals surface area (Å²) in [5.41, 5.74) is 8.12. The molecule has 0 spiro atoms. The van der Waals surface area contributed by atoms with Crippen molar-refractivity contribution < 1.29 is 14.6 Å². The molecule has 3 aliphatic rings. The van der Waals surface area contributed by atoms with Gasteiger partial charge in [-0.15, -0.1) is 0 Å². The van der Waals surface area contributed by atoms with E-state index in [0.717, 1.165) is 57.8 Å². The molecule has 1 aromatic heterocycles. The molecular weight excluding hydrogens is 474 g/mol. The van der Waals surface area contributed by atoms with E-state index in [-0.39, 0.29) is 0 Å². The first-order valence-electron chi connectivity index (χ1n) is 14.6. The van der Waals surface area contributed by atoms with E-state index >= 15 is 0 Å². The number of fused-ring (bicyclic) bond motifs is 5. The highest BCUT2D eigenvalue weighted by molar-refractivity contribution is 5.99. The molecule has 1 saturated carbocycles. The maximum Gasteiger partial charge on any atom is 0.335 e. The summed E-state index contributed by atoms with van der Waals surface area (Å²) in [6.45, 7) is 11.0. The molecule has 2 aromatic carbocycles. The van der Waals surface area contributed by atoms with Crippen LogP contribution in [0, 0.1) is 6.92 Å². The van der Waals surface area contributed by atoms with E-state index < -0.39 is 5.97 Å². The fraction of sp³-hybridized carbons (Fsp3) is 0.531. The highest BCUT2D eigenvalue weighted by Crippen LogP contribution is 2.47. The summed E-state index contributed by atoms with van der Waals surface area (Å²) >= 11 is 0. The van der Waals surface area contributed by atoms with Crippen molar-refractivity contribution in [3.8, 4) is 11.3 Å². The Hall–Kier alpha value is -2.83. The number of nitrogens with zero attached hydrogens (tertiary/aromatic N) is 3. The van der Waals surface area contributed by atoms with Gasteiger partial charge in [0.05, 0.1) is 24.0 Å². The molecule has 202 valence electrons. The second-order valence-electron chi connectivity index (χ2n) is 11.5. The Kier molecular flexibility index (Phi) is 7.19. The van der Waals surface area contributed by atoms with Gasteiger partial charge < -0.3 is 19.3 Å². The Bertz CT molecular complexity index is 1320.